The molecule has 112 valence electrons. The van der Waals surface area contributed by atoms with Gasteiger partial charge in [-0.25, -0.2) is 13.1 Å². The lowest BCUT2D eigenvalue weighted by Crippen LogP contribution is -2.50. The number of benzene rings is 1. The van der Waals surface area contributed by atoms with Crippen molar-refractivity contribution in [2.45, 2.75) is 17.9 Å². The van der Waals surface area contributed by atoms with Gasteiger partial charge in [0.25, 0.3) is 0 Å². The molecular formula is C12H12Cl2N4O2S. The Balaban J connectivity index is 1.85. The monoisotopic (exact) mass is 346 g/mol. The van der Waals surface area contributed by atoms with Gasteiger partial charge in [-0.15, -0.1) is 5.10 Å². The Bertz CT molecular complexity index is 771. The van der Waals surface area contributed by atoms with Gasteiger partial charge in [0.05, 0.1) is 17.3 Å². The second kappa shape index (κ2) is 5.24. The van der Waals surface area contributed by atoms with Gasteiger partial charge in [-0.1, -0.05) is 28.4 Å². The summed E-state index contributed by atoms with van der Waals surface area (Å²) in [5, 5.41) is 8.17. The summed E-state index contributed by atoms with van der Waals surface area (Å²) in [7, 11) is -3.61. The van der Waals surface area contributed by atoms with Crippen LogP contribution in [-0.2, 0) is 10.0 Å². The summed E-state index contributed by atoms with van der Waals surface area (Å²) >= 11 is 12.0. The van der Waals surface area contributed by atoms with Crippen molar-refractivity contribution < 1.29 is 8.42 Å². The number of sulfonamides is 1. The van der Waals surface area contributed by atoms with E-state index in [9.17, 15) is 8.42 Å². The third-order valence-electron chi connectivity index (χ3n) is 3.47. The van der Waals surface area contributed by atoms with E-state index < -0.39 is 10.0 Å². The van der Waals surface area contributed by atoms with Crippen molar-refractivity contribution in [3.63, 3.8) is 0 Å². The van der Waals surface area contributed by atoms with E-state index in [0.29, 0.717) is 23.7 Å². The summed E-state index contributed by atoms with van der Waals surface area (Å²) in [6.45, 7) is 2.44. The number of aromatic nitrogens is 3. The third kappa shape index (κ3) is 2.55. The predicted molar refractivity (Wildman–Crippen MR) is 79.0 cm³/mol. The van der Waals surface area contributed by atoms with Crippen molar-refractivity contribution in [1.29, 1.82) is 0 Å². The van der Waals surface area contributed by atoms with Crippen LogP contribution in [0.2, 0.25) is 10.0 Å². The number of rotatable bonds is 3. The average molecular weight is 347 g/mol. The molecule has 1 saturated heterocycles. The molecule has 1 aliphatic rings. The summed E-state index contributed by atoms with van der Waals surface area (Å²) in [5.41, 5.74) is 0.674. The zero-order valence-corrected chi connectivity index (χ0v) is 13.4. The van der Waals surface area contributed by atoms with Gasteiger partial charge in [0.2, 0.25) is 10.0 Å². The summed E-state index contributed by atoms with van der Waals surface area (Å²) < 4.78 is 28.2. The molecule has 0 atom stereocenters. The molecule has 0 amide bonds. The van der Waals surface area contributed by atoms with Crippen molar-refractivity contribution in [1.82, 2.24) is 19.3 Å². The van der Waals surface area contributed by atoms with Crippen molar-refractivity contribution in [3.8, 4) is 0 Å². The van der Waals surface area contributed by atoms with E-state index in [0.717, 1.165) is 0 Å². The molecule has 0 N–H and O–H groups in total. The predicted octanol–water partition coefficient (Wildman–Crippen LogP) is 2.14. The molecule has 1 aromatic carbocycles. The highest BCUT2D eigenvalue weighted by molar-refractivity contribution is 7.89. The molecule has 2 heterocycles. The molecule has 0 radical (unpaired) electrons. The van der Waals surface area contributed by atoms with E-state index in [1.165, 1.54) is 16.4 Å². The number of hydrogen-bond acceptors (Lipinski definition) is 4. The molecule has 6 nitrogen and oxygen atoms in total. The van der Waals surface area contributed by atoms with Gasteiger partial charge in [-0.3, -0.25) is 0 Å². The summed E-state index contributed by atoms with van der Waals surface area (Å²) in [4.78, 5) is 0.0862. The fourth-order valence-corrected chi connectivity index (χ4v) is 4.48. The van der Waals surface area contributed by atoms with Crippen molar-refractivity contribution in [3.05, 3.63) is 40.1 Å². The van der Waals surface area contributed by atoms with E-state index in [-0.39, 0.29) is 16.0 Å². The summed E-state index contributed by atoms with van der Waals surface area (Å²) in [6, 6.07) is 2.97. The van der Waals surface area contributed by atoms with Crippen LogP contribution in [0.4, 0.5) is 0 Å². The fourth-order valence-electron chi connectivity index (χ4n) is 2.16. The molecule has 0 aliphatic carbocycles. The summed E-state index contributed by atoms with van der Waals surface area (Å²) in [5.74, 6) is 0. The standard InChI is InChI=1S/C12H12Cl2N4O2S/c1-8-4-12(11(14)5-10(8)13)21(19,20)17-6-9(7-17)18-3-2-15-16-18/h2-5,9H,6-7H2,1H3. The first-order chi connectivity index (χ1) is 9.89. The molecule has 0 spiro atoms. The van der Waals surface area contributed by atoms with Gasteiger partial charge in [0.15, 0.2) is 0 Å². The van der Waals surface area contributed by atoms with E-state index in [1.54, 1.807) is 24.0 Å². The van der Waals surface area contributed by atoms with Crippen LogP contribution in [-0.4, -0.2) is 40.8 Å². The van der Waals surface area contributed by atoms with E-state index in [1.807, 2.05) is 0 Å². The minimum atomic E-state index is -3.61. The van der Waals surface area contributed by atoms with Crippen LogP contribution in [0.25, 0.3) is 0 Å². The maximum absolute atomic E-state index is 12.6. The number of aryl methyl sites for hydroxylation is 1. The zero-order valence-electron chi connectivity index (χ0n) is 11.1. The van der Waals surface area contributed by atoms with Crippen LogP contribution in [0.3, 0.4) is 0 Å². The SMILES string of the molecule is Cc1cc(S(=O)(=O)N2CC(n3ccnn3)C2)c(Cl)cc1Cl. The van der Waals surface area contributed by atoms with E-state index >= 15 is 0 Å². The maximum atomic E-state index is 12.6. The fraction of sp³-hybridized carbons (Fsp3) is 0.333. The van der Waals surface area contributed by atoms with Crippen LogP contribution >= 0.6 is 23.2 Å². The van der Waals surface area contributed by atoms with Crippen molar-refractivity contribution >= 4 is 33.2 Å². The second-order valence-corrected chi connectivity index (χ2v) is 7.61. The Morgan fingerprint density at radius 1 is 1.24 bits per heavy atom. The van der Waals surface area contributed by atoms with Gasteiger partial charge in [-0.05, 0) is 24.6 Å². The largest absolute Gasteiger partial charge is 0.247 e. The minimum Gasteiger partial charge on any atom is -0.247 e. The first-order valence-corrected chi connectivity index (χ1v) is 8.41. The highest BCUT2D eigenvalue weighted by atomic mass is 35.5. The third-order valence-corrected chi connectivity index (χ3v) is 6.18. The van der Waals surface area contributed by atoms with Gasteiger partial charge in [0.1, 0.15) is 4.90 Å². The zero-order chi connectivity index (χ0) is 15.2. The highest BCUT2D eigenvalue weighted by Gasteiger charge is 2.39. The lowest BCUT2D eigenvalue weighted by molar-refractivity contribution is 0.189. The number of nitrogens with zero attached hydrogens (tertiary/aromatic N) is 4. The first kappa shape index (κ1) is 14.8. The van der Waals surface area contributed by atoms with Crippen LogP contribution in [0, 0.1) is 6.92 Å². The molecule has 1 fully saturated rings. The molecule has 0 bridgehead atoms. The molecule has 3 rings (SSSR count). The van der Waals surface area contributed by atoms with Crippen LogP contribution in [0.5, 0.6) is 0 Å². The quantitative estimate of drug-likeness (QED) is 0.853. The maximum Gasteiger partial charge on any atom is 0.244 e. The molecular weight excluding hydrogens is 335 g/mol. The van der Waals surface area contributed by atoms with Crippen molar-refractivity contribution in [2.75, 3.05) is 13.1 Å². The molecule has 1 aliphatic heterocycles. The molecule has 0 saturated carbocycles. The highest BCUT2D eigenvalue weighted by Crippen LogP contribution is 2.33. The van der Waals surface area contributed by atoms with Gasteiger partial charge in [0, 0.05) is 24.3 Å². The number of halogens is 2. The Morgan fingerprint density at radius 2 is 1.95 bits per heavy atom. The Labute approximate surface area is 132 Å². The minimum absolute atomic E-state index is 0.00875. The molecule has 21 heavy (non-hydrogen) atoms. The first-order valence-electron chi connectivity index (χ1n) is 6.21. The van der Waals surface area contributed by atoms with Crippen LogP contribution in [0.15, 0.2) is 29.4 Å². The summed E-state index contributed by atoms with van der Waals surface area (Å²) in [6.07, 6.45) is 3.28. The topological polar surface area (TPSA) is 68.1 Å². The van der Waals surface area contributed by atoms with Crippen LogP contribution < -0.4 is 0 Å². The Kier molecular flexibility index (Phi) is 3.69. The van der Waals surface area contributed by atoms with Crippen molar-refractivity contribution in [2.24, 2.45) is 0 Å². The Morgan fingerprint density at radius 3 is 2.57 bits per heavy atom. The van der Waals surface area contributed by atoms with E-state index in [2.05, 4.69) is 10.3 Å². The molecule has 2 aromatic rings. The average Bonchev–Trinajstić information content (AvgIpc) is 2.85. The molecule has 9 heteroatoms. The second-order valence-electron chi connectivity index (χ2n) is 4.89. The van der Waals surface area contributed by atoms with Crippen LogP contribution in [0.1, 0.15) is 11.6 Å². The lowest BCUT2D eigenvalue weighted by Gasteiger charge is -2.37. The van der Waals surface area contributed by atoms with Gasteiger partial charge in [-0.2, -0.15) is 4.31 Å². The number of hydrogen-bond donors (Lipinski definition) is 0. The molecule has 1 aromatic heterocycles. The van der Waals surface area contributed by atoms with E-state index in [4.69, 9.17) is 23.2 Å². The molecule has 0 unspecified atom stereocenters. The Hall–Kier alpha value is -1.15. The van der Waals surface area contributed by atoms with Gasteiger partial charge >= 0.3 is 0 Å². The van der Waals surface area contributed by atoms with Gasteiger partial charge < -0.3 is 0 Å². The normalized spacial score (nSPS) is 16.9. The lowest BCUT2D eigenvalue weighted by atomic mass is 10.2. The smallest absolute Gasteiger partial charge is 0.244 e.